The van der Waals surface area contributed by atoms with Gasteiger partial charge in [0.15, 0.2) is 0 Å². The molecule has 2 heterocycles. The monoisotopic (exact) mass is 315 g/mol. The van der Waals surface area contributed by atoms with Gasteiger partial charge in [-0.2, -0.15) is 0 Å². The Morgan fingerprint density at radius 1 is 1.22 bits per heavy atom. The average molecular weight is 315 g/mol. The van der Waals surface area contributed by atoms with Gasteiger partial charge in [0.2, 0.25) is 5.91 Å². The Bertz CT molecular complexity index is 602. The van der Waals surface area contributed by atoms with Gasteiger partial charge >= 0.3 is 0 Å². The second-order valence-corrected chi connectivity index (χ2v) is 6.80. The SMILES string of the molecule is CNC(=O)CN1CC[C@H]2CN(C(=O)c3cccc(C)c3)C[C@H]2C1. The molecular formula is C18H25N3O2. The third-order valence-electron chi connectivity index (χ3n) is 5.08. The van der Waals surface area contributed by atoms with Gasteiger partial charge in [0.1, 0.15) is 0 Å². The fourth-order valence-electron chi connectivity index (χ4n) is 3.80. The molecule has 2 saturated heterocycles. The Labute approximate surface area is 137 Å². The summed E-state index contributed by atoms with van der Waals surface area (Å²) in [5.74, 6) is 1.27. The van der Waals surface area contributed by atoms with E-state index >= 15 is 0 Å². The van der Waals surface area contributed by atoms with Crippen LogP contribution in [0.25, 0.3) is 0 Å². The van der Waals surface area contributed by atoms with Crippen molar-refractivity contribution in [3.63, 3.8) is 0 Å². The molecule has 0 bridgehead atoms. The predicted octanol–water partition coefficient (Wildman–Crippen LogP) is 1.13. The Morgan fingerprint density at radius 2 is 2.00 bits per heavy atom. The second-order valence-electron chi connectivity index (χ2n) is 6.80. The number of rotatable bonds is 3. The number of likely N-dealkylation sites (N-methyl/N-ethyl adjacent to an activating group) is 1. The van der Waals surface area contributed by atoms with Crippen molar-refractivity contribution < 1.29 is 9.59 Å². The van der Waals surface area contributed by atoms with Crippen LogP contribution >= 0.6 is 0 Å². The fourth-order valence-corrected chi connectivity index (χ4v) is 3.80. The first-order chi connectivity index (χ1) is 11.1. The molecule has 1 aromatic rings. The van der Waals surface area contributed by atoms with E-state index in [1.165, 1.54) is 0 Å². The molecule has 2 atom stereocenters. The van der Waals surface area contributed by atoms with E-state index in [1.807, 2.05) is 36.1 Å². The van der Waals surface area contributed by atoms with Crippen molar-refractivity contribution in [2.75, 3.05) is 39.8 Å². The second kappa shape index (κ2) is 6.71. The first-order valence-corrected chi connectivity index (χ1v) is 8.35. The number of carbonyl (C=O) groups excluding carboxylic acids is 2. The van der Waals surface area contributed by atoms with Gasteiger partial charge in [0, 0.05) is 32.2 Å². The highest BCUT2D eigenvalue weighted by molar-refractivity contribution is 5.94. The molecule has 124 valence electrons. The summed E-state index contributed by atoms with van der Waals surface area (Å²) in [5, 5.41) is 2.68. The number of hydrogen-bond donors (Lipinski definition) is 1. The van der Waals surface area contributed by atoms with Crippen molar-refractivity contribution in [2.45, 2.75) is 13.3 Å². The van der Waals surface area contributed by atoms with Crippen LogP contribution in [-0.4, -0.2) is 61.4 Å². The number of amides is 2. The van der Waals surface area contributed by atoms with Crippen LogP contribution in [0.15, 0.2) is 24.3 Å². The number of nitrogens with one attached hydrogen (secondary N) is 1. The summed E-state index contributed by atoms with van der Waals surface area (Å²) in [7, 11) is 1.67. The minimum atomic E-state index is 0.0640. The zero-order chi connectivity index (χ0) is 16.4. The van der Waals surface area contributed by atoms with Crippen LogP contribution in [0.5, 0.6) is 0 Å². The van der Waals surface area contributed by atoms with E-state index in [9.17, 15) is 9.59 Å². The van der Waals surface area contributed by atoms with E-state index in [0.29, 0.717) is 18.4 Å². The van der Waals surface area contributed by atoms with Crippen molar-refractivity contribution in [3.05, 3.63) is 35.4 Å². The van der Waals surface area contributed by atoms with Crippen molar-refractivity contribution in [1.29, 1.82) is 0 Å². The number of nitrogens with zero attached hydrogens (tertiary/aromatic N) is 2. The molecule has 0 spiro atoms. The molecule has 23 heavy (non-hydrogen) atoms. The number of fused-ring (bicyclic) bond motifs is 1. The highest BCUT2D eigenvalue weighted by Gasteiger charge is 2.39. The van der Waals surface area contributed by atoms with Crippen molar-refractivity contribution in [1.82, 2.24) is 15.1 Å². The Kier molecular flexibility index (Phi) is 4.66. The van der Waals surface area contributed by atoms with Crippen LogP contribution in [0.4, 0.5) is 0 Å². The highest BCUT2D eigenvalue weighted by Crippen LogP contribution is 2.31. The van der Waals surface area contributed by atoms with E-state index in [2.05, 4.69) is 10.2 Å². The number of aryl methyl sites for hydroxylation is 1. The summed E-state index contributed by atoms with van der Waals surface area (Å²) in [4.78, 5) is 28.4. The van der Waals surface area contributed by atoms with Gasteiger partial charge < -0.3 is 10.2 Å². The summed E-state index contributed by atoms with van der Waals surface area (Å²) >= 11 is 0. The molecule has 1 N–H and O–H groups in total. The third kappa shape index (κ3) is 3.55. The van der Waals surface area contributed by atoms with Crippen LogP contribution in [0.1, 0.15) is 22.3 Å². The van der Waals surface area contributed by atoms with Gasteiger partial charge in [-0.1, -0.05) is 17.7 Å². The van der Waals surface area contributed by atoms with Crippen molar-refractivity contribution in [3.8, 4) is 0 Å². The maximum absolute atomic E-state index is 12.7. The molecule has 0 radical (unpaired) electrons. The zero-order valence-corrected chi connectivity index (χ0v) is 13.9. The maximum atomic E-state index is 12.7. The number of benzene rings is 1. The first-order valence-electron chi connectivity index (χ1n) is 8.35. The van der Waals surface area contributed by atoms with E-state index < -0.39 is 0 Å². The van der Waals surface area contributed by atoms with E-state index in [0.717, 1.165) is 43.7 Å². The zero-order valence-electron chi connectivity index (χ0n) is 13.9. The van der Waals surface area contributed by atoms with Gasteiger partial charge in [0.05, 0.1) is 6.54 Å². The molecule has 0 aliphatic carbocycles. The Morgan fingerprint density at radius 3 is 2.74 bits per heavy atom. The highest BCUT2D eigenvalue weighted by atomic mass is 16.2. The van der Waals surface area contributed by atoms with Gasteiger partial charge in [-0.25, -0.2) is 0 Å². The molecule has 5 nitrogen and oxygen atoms in total. The molecule has 1 aromatic carbocycles. The van der Waals surface area contributed by atoms with E-state index in [-0.39, 0.29) is 11.8 Å². The maximum Gasteiger partial charge on any atom is 0.253 e. The van der Waals surface area contributed by atoms with Crippen molar-refractivity contribution in [2.24, 2.45) is 11.8 Å². The third-order valence-corrected chi connectivity index (χ3v) is 5.08. The molecule has 3 rings (SSSR count). The Hall–Kier alpha value is -1.88. The fraction of sp³-hybridized carbons (Fsp3) is 0.556. The number of piperidine rings is 1. The largest absolute Gasteiger partial charge is 0.358 e. The Balaban J connectivity index is 1.62. The van der Waals surface area contributed by atoms with Gasteiger partial charge in [0.25, 0.3) is 5.91 Å². The summed E-state index contributed by atoms with van der Waals surface area (Å²) in [6, 6.07) is 7.81. The molecule has 2 fully saturated rings. The molecule has 2 amide bonds. The standard InChI is InChI=1S/C18H25N3O2/c1-13-4-3-5-14(8-13)18(23)21-10-15-6-7-20(9-16(15)11-21)12-17(22)19-2/h3-5,8,15-16H,6-7,9-12H2,1-2H3,(H,19,22)/t15-,16+/m0/s1. The predicted molar refractivity (Wildman–Crippen MR) is 89.2 cm³/mol. The van der Waals surface area contributed by atoms with Crippen LogP contribution < -0.4 is 5.32 Å². The topological polar surface area (TPSA) is 52.7 Å². The summed E-state index contributed by atoms with van der Waals surface area (Å²) in [6.45, 7) is 5.99. The smallest absolute Gasteiger partial charge is 0.253 e. The lowest BCUT2D eigenvalue weighted by Gasteiger charge is -2.33. The molecule has 0 saturated carbocycles. The molecule has 0 aromatic heterocycles. The molecule has 2 aliphatic rings. The van der Waals surface area contributed by atoms with E-state index in [4.69, 9.17) is 0 Å². The number of hydrogen-bond acceptors (Lipinski definition) is 3. The molecule has 5 heteroatoms. The lowest BCUT2D eigenvalue weighted by molar-refractivity contribution is -0.122. The number of carbonyl (C=O) groups is 2. The van der Waals surface area contributed by atoms with Gasteiger partial charge in [-0.15, -0.1) is 0 Å². The van der Waals surface area contributed by atoms with Crippen LogP contribution in [0, 0.1) is 18.8 Å². The summed E-state index contributed by atoms with van der Waals surface area (Å²) in [6.07, 6.45) is 1.07. The van der Waals surface area contributed by atoms with E-state index in [1.54, 1.807) is 7.05 Å². The lowest BCUT2D eigenvalue weighted by Crippen LogP contribution is -2.44. The number of likely N-dealkylation sites (tertiary alicyclic amines) is 2. The minimum Gasteiger partial charge on any atom is -0.358 e. The van der Waals surface area contributed by atoms with Gasteiger partial charge in [-0.3, -0.25) is 14.5 Å². The van der Waals surface area contributed by atoms with Crippen LogP contribution in [0.3, 0.4) is 0 Å². The average Bonchev–Trinajstić information content (AvgIpc) is 2.97. The quantitative estimate of drug-likeness (QED) is 0.910. The summed E-state index contributed by atoms with van der Waals surface area (Å²) < 4.78 is 0. The molecule has 2 aliphatic heterocycles. The minimum absolute atomic E-state index is 0.0640. The lowest BCUT2D eigenvalue weighted by atomic mass is 9.89. The molecular weight excluding hydrogens is 290 g/mol. The first kappa shape index (κ1) is 16.0. The molecule has 0 unspecified atom stereocenters. The van der Waals surface area contributed by atoms with Crippen LogP contribution in [0.2, 0.25) is 0 Å². The summed E-state index contributed by atoms with van der Waals surface area (Å²) in [5.41, 5.74) is 1.90. The normalized spacial score (nSPS) is 24.3. The van der Waals surface area contributed by atoms with Crippen molar-refractivity contribution >= 4 is 11.8 Å². The van der Waals surface area contributed by atoms with Crippen LogP contribution in [-0.2, 0) is 4.79 Å². The van der Waals surface area contributed by atoms with Gasteiger partial charge in [-0.05, 0) is 43.9 Å².